The van der Waals surface area contributed by atoms with Gasteiger partial charge in [0.1, 0.15) is 15.7 Å². The van der Waals surface area contributed by atoms with Crippen LogP contribution in [-0.2, 0) is 9.84 Å². The second-order valence-corrected chi connectivity index (χ2v) is 6.13. The van der Waals surface area contributed by atoms with Gasteiger partial charge in [-0.2, -0.15) is 0 Å². The Morgan fingerprint density at radius 3 is 2.47 bits per heavy atom. The van der Waals surface area contributed by atoms with E-state index in [1.807, 2.05) is 0 Å². The molecule has 2 N–H and O–H groups in total. The minimum Gasteiger partial charge on any atom is -0.395 e. The van der Waals surface area contributed by atoms with Crippen molar-refractivity contribution in [2.24, 2.45) is 0 Å². The molecule has 1 rings (SSSR count). The van der Waals surface area contributed by atoms with Crippen molar-refractivity contribution >= 4 is 21.2 Å². The second-order valence-electron chi connectivity index (χ2n) is 3.87. The predicted molar refractivity (Wildman–Crippen MR) is 63.8 cm³/mol. The third-order valence-corrected chi connectivity index (χ3v) is 3.21. The van der Waals surface area contributed by atoms with E-state index in [2.05, 4.69) is 0 Å². The third kappa shape index (κ3) is 3.85. The molecule has 0 aliphatic rings. The monoisotopic (exact) mass is 264 g/mol. The fourth-order valence-electron chi connectivity index (χ4n) is 1.31. The highest BCUT2D eigenvalue weighted by Gasteiger charge is 2.13. The Hall–Kier alpha value is -1.37. The number of hydrogen-bond donors (Lipinski definition) is 1. The maximum atomic E-state index is 13.2. The fraction of sp³-hybridized carbons (Fsp3) is 0.400. The lowest BCUT2D eigenvalue weighted by Gasteiger charge is -2.20. The maximum absolute atomic E-state index is 13.2. The summed E-state index contributed by atoms with van der Waals surface area (Å²) in [5.41, 5.74) is 5.41. The molecular weight excluding hydrogens is 250 g/mol. The fourth-order valence-corrected chi connectivity index (χ4v) is 1.92. The van der Waals surface area contributed by atoms with Crippen LogP contribution in [0, 0.1) is 11.6 Å². The topological polar surface area (TPSA) is 63.4 Å². The van der Waals surface area contributed by atoms with Crippen molar-refractivity contribution in [2.75, 3.05) is 36.2 Å². The molecule has 0 fully saturated rings. The smallest absolute Gasteiger partial charge is 0.151 e. The predicted octanol–water partition coefficient (Wildman–Crippen LogP) is 1.03. The average Bonchev–Trinajstić information content (AvgIpc) is 2.19. The molecule has 0 aliphatic heterocycles. The van der Waals surface area contributed by atoms with Gasteiger partial charge in [0.2, 0.25) is 0 Å². The second kappa shape index (κ2) is 4.87. The summed E-state index contributed by atoms with van der Waals surface area (Å²) in [6.45, 7) is 0.117. The summed E-state index contributed by atoms with van der Waals surface area (Å²) in [4.78, 5) is 1.41. The zero-order valence-electron chi connectivity index (χ0n) is 9.57. The van der Waals surface area contributed by atoms with Crippen LogP contribution in [0.5, 0.6) is 0 Å². The van der Waals surface area contributed by atoms with E-state index in [1.165, 1.54) is 11.9 Å². The highest BCUT2D eigenvalue weighted by Crippen LogP contribution is 2.26. The molecular formula is C10H14F2N2O2S. The van der Waals surface area contributed by atoms with Crippen LogP contribution in [0.2, 0.25) is 0 Å². The number of sulfone groups is 1. The Morgan fingerprint density at radius 1 is 1.35 bits per heavy atom. The molecule has 0 unspecified atom stereocenters. The SMILES string of the molecule is CN(CCS(C)(=O)=O)c1cc(F)cc(F)c1N. The van der Waals surface area contributed by atoms with Gasteiger partial charge in [0.25, 0.3) is 0 Å². The molecule has 0 heterocycles. The van der Waals surface area contributed by atoms with Crippen LogP contribution in [0.4, 0.5) is 20.2 Å². The van der Waals surface area contributed by atoms with E-state index in [9.17, 15) is 17.2 Å². The Morgan fingerprint density at radius 2 is 1.94 bits per heavy atom. The number of rotatable bonds is 4. The highest BCUT2D eigenvalue weighted by molar-refractivity contribution is 7.90. The van der Waals surface area contributed by atoms with E-state index in [-0.39, 0.29) is 23.7 Å². The van der Waals surface area contributed by atoms with Crippen LogP contribution in [0.1, 0.15) is 0 Å². The molecule has 0 aliphatic carbocycles. The van der Waals surface area contributed by atoms with Crippen molar-refractivity contribution in [2.45, 2.75) is 0 Å². The number of benzene rings is 1. The first kappa shape index (κ1) is 13.7. The van der Waals surface area contributed by atoms with Crippen LogP contribution in [0.15, 0.2) is 12.1 Å². The van der Waals surface area contributed by atoms with E-state index < -0.39 is 21.5 Å². The van der Waals surface area contributed by atoms with Gasteiger partial charge in [-0.3, -0.25) is 0 Å². The van der Waals surface area contributed by atoms with Crippen LogP contribution in [0.3, 0.4) is 0 Å². The lowest BCUT2D eigenvalue weighted by Crippen LogP contribution is -2.26. The Bertz CT molecular complexity index is 517. The summed E-state index contributed by atoms with van der Waals surface area (Å²) >= 11 is 0. The van der Waals surface area contributed by atoms with Crippen molar-refractivity contribution in [3.8, 4) is 0 Å². The number of anilines is 2. The van der Waals surface area contributed by atoms with Crippen molar-refractivity contribution in [3.05, 3.63) is 23.8 Å². The van der Waals surface area contributed by atoms with Gasteiger partial charge < -0.3 is 10.6 Å². The quantitative estimate of drug-likeness (QED) is 0.825. The van der Waals surface area contributed by atoms with Crippen LogP contribution in [0.25, 0.3) is 0 Å². The van der Waals surface area contributed by atoms with Gasteiger partial charge in [0, 0.05) is 25.9 Å². The number of nitrogens with two attached hydrogens (primary N) is 1. The number of nitrogen functional groups attached to an aromatic ring is 1. The number of halogens is 2. The van der Waals surface area contributed by atoms with E-state index in [0.29, 0.717) is 6.07 Å². The summed E-state index contributed by atoms with van der Waals surface area (Å²) < 4.78 is 48.1. The molecule has 0 aromatic heterocycles. The Kier molecular flexibility index (Phi) is 3.92. The van der Waals surface area contributed by atoms with Gasteiger partial charge in [-0.15, -0.1) is 0 Å². The zero-order chi connectivity index (χ0) is 13.2. The van der Waals surface area contributed by atoms with E-state index in [1.54, 1.807) is 0 Å². The molecule has 0 spiro atoms. The van der Waals surface area contributed by atoms with Crippen molar-refractivity contribution in [1.82, 2.24) is 0 Å². The lowest BCUT2D eigenvalue weighted by molar-refractivity contribution is 0.585. The standard InChI is InChI=1S/C10H14F2N2O2S/c1-14(3-4-17(2,15)16)9-6-7(11)5-8(12)10(9)13/h5-6H,3-4,13H2,1-2H3. The first-order valence-electron chi connectivity index (χ1n) is 4.84. The molecule has 96 valence electrons. The molecule has 7 heteroatoms. The lowest BCUT2D eigenvalue weighted by atomic mass is 10.2. The summed E-state index contributed by atoms with van der Waals surface area (Å²) in [6.07, 6.45) is 1.09. The van der Waals surface area contributed by atoms with Gasteiger partial charge in [0.15, 0.2) is 5.82 Å². The van der Waals surface area contributed by atoms with E-state index >= 15 is 0 Å². The average molecular weight is 264 g/mol. The minimum absolute atomic E-state index is 0.110. The first-order chi connectivity index (χ1) is 7.70. The highest BCUT2D eigenvalue weighted by atomic mass is 32.2. The molecule has 0 bridgehead atoms. The van der Waals surface area contributed by atoms with Gasteiger partial charge in [-0.25, -0.2) is 17.2 Å². The van der Waals surface area contributed by atoms with Gasteiger partial charge >= 0.3 is 0 Å². The molecule has 0 saturated heterocycles. The van der Waals surface area contributed by atoms with E-state index in [0.717, 1.165) is 12.3 Å². The maximum Gasteiger partial charge on any atom is 0.151 e. The minimum atomic E-state index is -3.13. The summed E-state index contributed by atoms with van der Waals surface area (Å²) in [6, 6.07) is 1.75. The molecule has 1 aromatic carbocycles. The number of nitrogens with zero attached hydrogens (tertiary/aromatic N) is 1. The van der Waals surface area contributed by atoms with Crippen molar-refractivity contribution in [1.29, 1.82) is 0 Å². The molecule has 17 heavy (non-hydrogen) atoms. The summed E-state index contributed by atoms with van der Waals surface area (Å²) in [5.74, 6) is -1.72. The summed E-state index contributed by atoms with van der Waals surface area (Å²) in [5, 5.41) is 0. The molecule has 0 amide bonds. The van der Waals surface area contributed by atoms with Crippen molar-refractivity contribution in [3.63, 3.8) is 0 Å². The van der Waals surface area contributed by atoms with Crippen molar-refractivity contribution < 1.29 is 17.2 Å². The van der Waals surface area contributed by atoms with Gasteiger partial charge in [0.05, 0.1) is 17.1 Å². The summed E-state index contributed by atoms with van der Waals surface area (Å²) in [7, 11) is -1.61. The van der Waals surface area contributed by atoms with Gasteiger partial charge in [-0.1, -0.05) is 0 Å². The van der Waals surface area contributed by atoms with Crippen LogP contribution < -0.4 is 10.6 Å². The molecule has 0 atom stereocenters. The molecule has 0 radical (unpaired) electrons. The Balaban J connectivity index is 2.93. The Labute approximate surface area is 98.9 Å². The largest absolute Gasteiger partial charge is 0.395 e. The zero-order valence-corrected chi connectivity index (χ0v) is 10.4. The normalized spacial score (nSPS) is 11.5. The van der Waals surface area contributed by atoms with Gasteiger partial charge in [-0.05, 0) is 6.07 Å². The number of hydrogen-bond acceptors (Lipinski definition) is 4. The molecule has 1 aromatic rings. The molecule has 4 nitrogen and oxygen atoms in total. The van der Waals surface area contributed by atoms with E-state index in [4.69, 9.17) is 5.73 Å². The third-order valence-electron chi connectivity index (χ3n) is 2.28. The first-order valence-corrected chi connectivity index (χ1v) is 6.90. The van der Waals surface area contributed by atoms with Crippen LogP contribution in [-0.4, -0.2) is 34.0 Å². The van der Waals surface area contributed by atoms with Crippen LogP contribution >= 0.6 is 0 Å². The molecule has 0 saturated carbocycles.